The average Bonchev–Trinajstić information content (AvgIpc) is 2.44. The predicted molar refractivity (Wildman–Crippen MR) is 72.9 cm³/mol. The molecule has 6 nitrogen and oxygen atoms in total. The Hall–Kier alpha value is -2.63. The van der Waals surface area contributed by atoms with Crippen molar-refractivity contribution in [1.29, 1.82) is 0 Å². The maximum Gasteiger partial charge on any atom is 0.323 e. The number of likely N-dealkylation sites (N-methyl/N-ethyl adjacent to an activating group) is 1. The summed E-state index contributed by atoms with van der Waals surface area (Å²) in [5.41, 5.74) is 1.00. The van der Waals surface area contributed by atoms with E-state index in [9.17, 15) is 9.59 Å². The molecule has 1 heterocycles. The second-order valence-electron chi connectivity index (χ2n) is 4.31. The molecule has 20 heavy (non-hydrogen) atoms. The number of hydrogen-bond donors (Lipinski definition) is 1. The van der Waals surface area contributed by atoms with E-state index in [0.29, 0.717) is 16.8 Å². The van der Waals surface area contributed by atoms with Crippen LogP contribution in [0.1, 0.15) is 10.4 Å². The molecule has 6 heteroatoms. The van der Waals surface area contributed by atoms with Gasteiger partial charge in [-0.1, -0.05) is 12.1 Å². The summed E-state index contributed by atoms with van der Waals surface area (Å²) in [6.45, 7) is -0.352. The van der Waals surface area contributed by atoms with Crippen LogP contribution in [0, 0.1) is 0 Å². The molecule has 1 amide bonds. The molecular formula is C14H14N2O4. The molecule has 2 rings (SSSR count). The Morgan fingerprint density at radius 3 is 2.80 bits per heavy atom. The third kappa shape index (κ3) is 2.69. The molecule has 0 aliphatic rings. The van der Waals surface area contributed by atoms with Gasteiger partial charge in [0.2, 0.25) is 0 Å². The lowest BCUT2D eigenvalue weighted by atomic mass is 10.1. The smallest absolute Gasteiger partial charge is 0.323 e. The normalized spacial score (nSPS) is 10.3. The molecule has 0 aliphatic heterocycles. The number of para-hydroxylation sites is 1. The molecule has 0 saturated heterocycles. The number of benzene rings is 1. The fourth-order valence-corrected chi connectivity index (χ4v) is 1.91. The highest BCUT2D eigenvalue weighted by Gasteiger charge is 2.15. The van der Waals surface area contributed by atoms with Crippen LogP contribution in [0.15, 0.2) is 30.5 Å². The van der Waals surface area contributed by atoms with E-state index in [2.05, 4.69) is 4.98 Å². The van der Waals surface area contributed by atoms with Crippen LogP contribution in [0.25, 0.3) is 10.9 Å². The second-order valence-corrected chi connectivity index (χ2v) is 4.31. The molecule has 0 saturated carbocycles. The van der Waals surface area contributed by atoms with Crippen LogP contribution in [0.3, 0.4) is 0 Å². The van der Waals surface area contributed by atoms with E-state index >= 15 is 0 Å². The summed E-state index contributed by atoms with van der Waals surface area (Å²) in [7, 11) is 2.99. The number of fused-ring (bicyclic) bond motifs is 1. The van der Waals surface area contributed by atoms with E-state index in [1.807, 2.05) is 6.07 Å². The largest absolute Gasteiger partial charge is 0.494 e. The number of amides is 1. The number of hydrogen-bond acceptors (Lipinski definition) is 4. The molecule has 0 aliphatic carbocycles. The Morgan fingerprint density at radius 2 is 2.15 bits per heavy atom. The zero-order valence-corrected chi connectivity index (χ0v) is 11.2. The lowest BCUT2D eigenvalue weighted by Gasteiger charge is -2.14. The molecule has 104 valence electrons. The van der Waals surface area contributed by atoms with Crippen molar-refractivity contribution < 1.29 is 19.4 Å². The molecule has 2 aromatic rings. The molecule has 1 aromatic carbocycles. The number of carbonyl (C=O) groups is 2. The lowest BCUT2D eigenvalue weighted by molar-refractivity contribution is -0.137. The monoisotopic (exact) mass is 274 g/mol. The van der Waals surface area contributed by atoms with Crippen LogP contribution < -0.4 is 4.74 Å². The highest BCUT2D eigenvalue weighted by atomic mass is 16.5. The van der Waals surface area contributed by atoms with Crippen molar-refractivity contribution in [1.82, 2.24) is 9.88 Å². The molecule has 0 fully saturated rings. The van der Waals surface area contributed by atoms with Crippen molar-refractivity contribution in [2.45, 2.75) is 0 Å². The third-order valence-corrected chi connectivity index (χ3v) is 2.86. The SMILES string of the molecule is COc1cccc2cc(C(=O)N(C)CC(=O)O)cnc12. The van der Waals surface area contributed by atoms with Crippen molar-refractivity contribution in [3.05, 3.63) is 36.0 Å². The zero-order valence-electron chi connectivity index (χ0n) is 11.2. The summed E-state index contributed by atoms with van der Waals surface area (Å²) in [6.07, 6.45) is 1.42. The number of ether oxygens (including phenoxy) is 1. The Labute approximate surface area is 115 Å². The fraction of sp³-hybridized carbons (Fsp3) is 0.214. The highest BCUT2D eigenvalue weighted by molar-refractivity contribution is 5.99. The molecular weight excluding hydrogens is 260 g/mol. The van der Waals surface area contributed by atoms with Gasteiger partial charge in [-0.2, -0.15) is 0 Å². The second kappa shape index (κ2) is 5.56. The molecule has 1 N–H and O–H groups in total. The van der Waals surface area contributed by atoms with Gasteiger partial charge in [0.25, 0.3) is 5.91 Å². The molecule has 0 radical (unpaired) electrons. The van der Waals surface area contributed by atoms with E-state index < -0.39 is 5.97 Å². The number of carboxylic acids is 1. The average molecular weight is 274 g/mol. The predicted octanol–water partition coefficient (Wildman–Crippen LogP) is 1.40. The van der Waals surface area contributed by atoms with Crippen LogP contribution in [0.2, 0.25) is 0 Å². The maximum atomic E-state index is 12.1. The van der Waals surface area contributed by atoms with Gasteiger partial charge in [0.05, 0.1) is 12.7 Å². The van der Waals surface area contributed by atoms with E-state index in [-0.39, 0.29) is 12.5 Å². The molecule has 1 aromatic heterocycles. The summed E-state index contributed by atoms with van der Waals surface area (Å²) in [4.78, 5) is 28.0. The third-order valence-electron chi connectivity index (χ3n) is 2.86. The van der Waals surface area contributed by atoms with Crippen LogP contribution in [0.4, 0.5) is 0 Å². The minimum Gasteiger partial charge on any atom is -0.494 e. The van der Waals surface area contributed by atoms with Crippen molar-refractivity contribution in [2.75, 3.05) is 20.7 Å². The van der Waals surface area contributed by atoms with E-state index in [0.717, 1.165) is 10.3 Å². The Balaban J connectivity index is 2.37. The summed E-state index contributed by atoms with van der Waals surface area (Å²) >= 11 is 0. The number of aliphatic carboxylic acids is 1. The van der Waals surface area contributed by atoms with Crippen molar-refractivity contribution in [2.24, 2.45) is 0 Å². The fourth-order valence-electron chi connectivity index (χ4n) is 1.91. The molecule has 0 unspecified atom stereocenters. The zero-order chi connectivity index (χ0) is 14.7. The number of carbonyl (C=O) groups excluding carboxylic acids is 1. The Bertz CT molecular complexity index is 669. The lowest BCUT2D eigenvalue weighted by Crippen LogP contribution is -2.31. The minimum absolute atomic E-state index is 0.342. The van der Waals surface area contributed by atoms with E-state index in [1.165, 1.54) is 13.2 Å². The number of nitrogens with zero attached hydrogens (tertiary/aromatic N) is 2. The first kappa shape index (κ1) is 13.8. The van der Waals surface area contributed by atoms with Gasteiger partial charge in [-0.15, -0.1) is 0 Å². The highest BCUT2D eigenvalue weighted by Crippen LogP contribution is 2.23. The van der Waals surface area contributed by atoms with Gasteiger partial charge in [0.1, 0.15) is 17.8 Å². The summed E-state index contributed by atoms with van der Waals surface area (Å²) in [6, 6.07) is 7.08. The van der Waals surface area contributed by atoms with Crippen LogP contribution >= 0.6 is 0 Å². The maximum absolute atomic E-state index is 12.1. The van der Waals surface area contributed by atoms with Crippen molar-refractivity contribution >= 4 is 22.8 Å². The van der Waals surface area contributed by atoms with Gasteiger partial charge >= 0.3 is 5.97 Å². The van der Waals surface area contributed by atoms with Gasteiger partial charge in [0, 0.05) is 18.6 Å². The van der Waals surface area contributed by atoms with Crippen molar-refractivity contribution in [3.8, 4) is 5.75 Å². The van der Waals surface area contributed by atoms with Gasteiger partial charge in [-0.3, -0.25) is 14.6 Å². The Morgan fingerprint density at radius 1 is 1.40 bits per heavy atom. The quantitative estimate of drug-likeness (QED) is 0.911. The van der Waals surface area contributed by atoms with Gasteiger partial charge in [-0.05, 0) is 12.1 Å². The molecule has 0 atom stereocenters. The number of methoxy groups -OCH3 is 1. The van der Waals surface area contributed by atoms with Gasteiger partial charge < -0.3 is 14.7 Å². The number of aromatic nitrogens is 1. The first-order valence-electron chi connectivity index (χ1n) is 5.93. The Kier molecular flexibility index (Phi) is 3.84. The minimum atomic E-state index is -1.06. The van der Waals surface area contributed by atoms with Crippen LogP contribution in [-0.2, 0) is 4.79 Å². The summed E-state index contributed by atoms with van der Waals surface area (Å²) in [5, 5.41) is 9.46. The standard InChI is InChI=1S/C14H14N2O4/c1-16(8-12(17)18)14(19)10-6-9-4-3-5-11(20-2)13(9)15-7-10/h3-7H,8H2,1-2H3,(H,17,18). The number of carboxylic acid groups (broad SMARTS) is 1. The van der Waals surface area contributed by atoms with Gasteiger partial charge in [0.15, 0.2) is 0 Å². The molecule has 0 bridgehead atoms. The topological polar surface area (TPSA) is 79.7 Å². The van der Waals surface area contributed by atoms with Crippen LogP contribution in [0.5, 0.6) is 5.75 Å². The summed E-state index contributed by atoms with van der Waals surface area (Å²) in [5.74, 6) is -0.818. The van der Waals surface area contributed by atoms with E-state index in [1.54, 1.807) is 25.3 Å². The number of pyridine rings is 1. The summed E-state index contributed by atoms with van der Waals surface area (Å²) < 4.78 is 5.19. The van der Waals surface area contributed by atoms with Gasteiger partial charge in [-0.25, -0.2) is 0 Å². The van der Waals surface area contributed by atoms with Crippen molar-refractivity contribution in [3.63, 3.8) is 0 Å². The van der Waals surface area contributed by atoms with Crippen LogP contribution in [-0.4, -0.2) is 47.6 Å². The first-order chi connectivity index (χ1) is 9.52. The number of rotatable bonds is 4. The first-order valence-corrected chi connectivity index (χ1v) is 5.93. The van der Waals surface area contributed by atoms with E-state index in [4.69, 9.17) is 9.84 Å². The molecule has 0 spiro atoms.